The van der Waals surface area contributed by atoms with Crippen LogP contribution in [0.5, 0.6) is 0 Å². The quantitative estimate of drug-likeness (QED) is 0.368. The Morgan fingerprint density at radius 2 is 1.41 bits per heavy atom. The molecule has 0 saturated heterocycles. The van der Waals surface area contributed by atoms with Gasteiger partial charge in [0, 0.05) is 11.7 Å². The molecular formula is C13H25BrN4O2S2. The molecule has 1 aromatic carbocycles. The first-order chi connectivity index (χ1) is 9.34. The summed E-state index contributed by atoms with van der Waals surface area (Å²) in [6, 6.07) is 10.3. The summed E-state index contributed by atoms with van der Waals surface area (Å²) in [4.78, 5) is 3.12. The first kappa shape index (κ1) is 28.7. The van der Waals surface area contributed by atoms with Crippen LogP contribution >= 0.6 is 41.4 Å². The van der Waals surface area contributed by atoms with Gasteiger partial charge in [0.2, 0.25) is 0 Å². The van der Waals surface area contributed by atoms with Gasteiger partial charge in [0.15, 0.2) is 0 Å². The van der Waals surface area contributed by atoms with Crippen molar-refractivity contribution in [1.29, 1.82) is 0 Å². The molecule has 9 heteroatoms. The Hall–Kier alpha value is -1.42. The van der Waals surface area contributed by atoms with Crippen molar-refractivity contribution in [3.05, 3.63) is 36.5 Å². The van der Waals surface area contributed by atoms with Crippen molar-refractivity contribution in [3.8, 4) is 0 Å². The number of hydrogen-bond acceptors (Lipinski definition) is 3. The molecule has 0 saturated carbocycles. The van der Waals surface area contributed by atoms with Crippen LogP contribution in [0.25, 0.3) is 10.9 Å². The van der Waals surface area contributed by atoms with E-state index < -0.39 is 10.3 Å². The topological polar surface area (TPSA) is 120 Å². The SMILES string of the molecule is Br.C.CNC.NC(O)=S.NC(O)=S.c1ccc2[nH]ccc2c1. The van der Waals surface area contributed by atoms with Gasteiger partial charge in [-0.3, -0.25) is 0 Å². The van der Waals surface area contributed by atoms with Gasteiger partial charge >= 0.3 is 0 Å². The van der Waals surface area contributed by atoms with Gasteiger partial charge < -0.3 is 32.0 Å². The van der Waals surface area contributed by atoms with E-state index in [9.17, 15) is 0 Å². The fourth-order valence-corrected chi connectivity index (χ4v) is 0.995. The maximum Gasteiger partial charge on any atom is 0.251 e. The highest BCUT2D eigenvalue weighted by Crippen LogP contribution is 2.09. The van der Waals surface area contributed by atoms with Crippen LogP contribution in [0.2, 0.25) is 0 Å². The Kier molecular flexibility index (Phi) is 25.5. The van der Waals surface area contributed by atoms with Crippen molar-refractivity contribution in [2.75, 3.05) is 14.1 Å². The summed E-state index contributed by atoms with van der Waals surface area (Å²) in [6.45, 7) is 0. The molecule has 1 heterocycles. The molecular weight excluding hydrogens is 388 g/mol. The summed E-state index contributed by atoms with van der Waals surface area (Å²) in [5, 5.41) is 18.2. The number of benzene rings is 1. The minimum absolute atomic E-state index is 0. The predicted octanol–water partition coefficient (Wildman–Crippen LogP) is 2.79. The number of halogens is 1. The Bertz CT molecular complexity index is 459. The number of nitrogens with one attached hydrogen (secondary N) is 2. The van der Waals surface area contributed by atoms with Crippen LogP contribution in [-0.2, 0) is 0 Å². The van der Waals surface area contributed by atoms with Crippen LogP contribution in [0.4, 0.5) is 0 Å². The molecule has 0 bridgehead atoms. The second-order valence-electron chi connectivity index (χ2n) is 3.24. The molecule has 128 valence electrons. The molecule has 2 aromatic rings. The van der Waals surface area contributed by atoms with Crippen molar-refractivity contribution in [2.45, 2.75) is 7.43 Å². The molecule has 8 N–H and O–H groups in total. The third-order valence-corrected chi connectivity index (χ3v) is 1.46. The highest BCUT2D eigenvalue weighted by Gasteiger charge is 1.86. The van der Waals surface area contributed by atoms with Crippen LogP contribution < -0.4 is 16.8 Å². The van der Waals surface area contributed by atoms with Gasteiger partial charge in [0.25, 0.3) is 10.3 Å². The van der Waals surface area contributed by atoms with E-state index in [0.29, 0.717) is 0 Å². The molecule has 0 atom stereocenters. The largest absolute Gasteiger partial charge is 0.487 e. The number of hydrogen-bond donors (Lipinski definition) is 6. The lowest BCUT2D eigenvalue weighted by molar-refractivity contribution is 0.559. The maximum atomic E-state index is 7.56. The molecule has 0 aliphatic heterocycles. The molecule has 0 aliphatic rings. The average molecular weight is 413 g/mol. The summed E-state index contributed by atoms with van der Waals surface area (Å²) in [5.41, 5.74) is 10.0. The Morgan fingerprint density at radius 3 is 1.77 bits per heavy atom. The third-order valence-electron chi connectivity index (χ3n) is 1.46. The highest BCUT2D eigenvalue weighted by molar-refractivity contribution is 8.93. The fourth-order valence-electron chi connectivity index (χ4n) is 0.995. The second kappa shape index (κ2) is 19.6. The number of rotatable bonds is 0. The van der Waals surface area contributed by atoms with E-state index in [1.807, 2.05) is 32.4 Å². The molecule has 0 radical (unpaired) electrons. The second-order valence-corrected chi connectivity index (χ2v) is 4.08. The third kappa shape index (κ3) is 23.7. The molecule has 0 aliphatic carbocycles. The monoisotopic (exact) mass is 412 g/mol. The number of nitrogens with two attached hydrogens (primary N) is 2. The van der Waals surface area contributed by atoms with Crippen molar-refractivity contribution < 1.29 is 10.2 Å². The molecule has 0 amide bonds. The highest BCUT2D eigenvalue weighted by atomic mass is 79.9. The minimum atomic E-state index is -0.500. The van der Waals surface area contributed by atoms with E-state index in [4.69, 9.17) is 10.2 Å². The van der Waals surface area contributed by atoms with Gasteiger partial charge in [-0.15, -0.1) is 17.0 Å². The van der Waals surface area contributed by atoms with Crippen LogP contribution in [0.3, 0.4) is 0 Å². The number of aliphatic hydroxyl groups excluding tert-OH is 2. The van der Waals surface area contributed by atoms with Crippen LogP contribution in [0.1, 0.15) is 7.43 Å². The number of fused-ring (bicyclic) bond motifs is 1. The van der Waals surface area contributed by atoms with Crippen molar-refractivity contribution in [3.63, 3.8) is 0 Å². The first-order valence-electron chi connectivity index (χ1n) is 5.42. The maximum absolute atomic E-state index is 7.56. The fraction of sp³-hybridized carbons (Fsp3) is 0.231. The van der Waals surface area contributed by atoms with E-state index in [1.54, 1.807) is 0 Å². The molecule has 0 fully saturated rings. The molecule has 22 heavy (non-hydrogen) atoms. The molecule has 0 unspecified atom stereocenters. The molecule has 6 nitrogen and oxygen atoms in total. The van der Waals surface area contributed by atoms with Gasteiger partial charge in [-0.2, -0.15) is 0 Å². The lowest BCUT2D eigenvalue weighted by atomic mass is 10.3. The number of thiocarbonyl (C=S) groups is 2. The van der Waals surface area contributed by atoms with E-state index in [1.165, 1.54) is 10.9 Å². The van der Waals surface area contributed by atoms with Gasteiger partial charge in [0.05, 0.1) is 0 Å². The van der Waals surface area contributed by atoms with E-state index in [-0.39, 0.29) is 24.4 Å². The van der Waals surface area contributed by atoms with E-state index >= 15 is 0 Å². The Morgan fingerprint density at radius 1 is 1.05 bits per heavy atom. The van der Waals surface area contributed by atoms with Crippen molar-refractivity contribution in [1.82, 2.24) is 10.3 Å². The standard InChI is InChI=1S/C8H7N.C2H7N.2CH3NOS.CH4.BrH/c1-2-4-8-7(3-1)5-6-9-8;1-3-2;2*2-1(3)4;;/h1-6,9H;3H,1-2H3;2*(H3,2,3,4);1H4;1H. The number of aliphatic hydroxyl groups is 2. The smallest absolute Gasteiger partial charge is 0.251 e. The zero-order valence-corrected chi connectivity index (χ0v) is 15.1. The normalized spacial score (nSPS) is 7.18. The van der Waals surface area contributed by atoms with Gasteiger partial charge in [0.1, 0.15) is 0 Å². The lowest BCUT2D eigenvalue weighted by Crippen LogP contribution is -2.03. The summed E-state index contributed by atoms with van der Waals surface area (Å²) >= 11 is 7.74. The summed E-state index contributed by atoms with van der Waals surface area (Å²) < 4.78 is 0. The van der Waals surface area contributed by atoms with Crippen LogP contribution in [0, 0.1) is 0 Å². The van der Waals surface area contributed by atoms with Crippen molar-refractivity contribution >= 4 is 62.7 Å². The number of aromatic nitrogens is 1. The van der Waals surface area contributed by atoms with Crippen LogP contribution in [0.15, 0.2) is 36.5 Å². The summed E-state index contributed by atoms with van der Waals surface area (Å²) in [7, 11) is 3.75. The van der Waals surface area contributed by atoms with E-state index in [0.717, 1.165) is 0 Å². The Balaban J connectivity index is -0.000000109. The van der Waals surface area contributed by atoms with Gasteiger partial charge in [-0.25, -0.2) is 0 Å². The number of aromatic amines is 1. The zero-order chi connectivity index (χ0) is 16.0. The predicted molar refractivity (Wildman–Crippen MR) is 109 cm³/mol. The lowest BCUT2D eigenvalue weighted by Gasteiger charge is -1.83. The summed E-state index contributed by atoms with van der Waals surface area (Å²) in [6.07, 6.45) is 1.95. The van der Waals surface area contributed by atoms with Crippen LogP contribution in [-0.4, -0.2) is 39.6 Å². The summed E-state index contributed by atoms with van der Waals surface area (Å²) in [5.74, 6) is 0. The van der Waals surface area contributed by atoms with Gasteiger partial charge in [-0.05, 0) is 56.1 Å². The average Bonchev–Trinajstić information content (AvgIpc) is 2.76. The molecule has 0 spiro atoms. The van der Waals surface area contributed by atoms with E-state index in [2.05, 4.69) is 64.4 Å². The zero-order valence-electron chi connectivity index (χ0n) is 11.7. The number of para-hydroxylation sites is 1. The minimum Gasteiger partial charge on any atom is -0.487 e. The molecule has 2 rings (SSSR count). The Labute approximate surface area is 152 Å². The van der Waals surface area contributed by atoms with Crippen molar-refractivity contribution in [2.24, 2.45) is 11.5 Å². The van der Waals surface area contributed by atoms with Gasteiger partial charge in [-0.1, -0.05) is 25.6 Å². The molecule has 1 aromatic heterocycles. The first-order valence-corrected chi connectivity index (χ1v) is 6.24. The number of H-pyrrole nitrogens is 1.